The Morgan fingerprint density at radius 3 is 2.55 bits per heavy atom. The van der Waals surface area contributed by atoms with Crippen LogP contribution in [0.5, 0.6) is 11.5 Å². The van der Waals surface area contributed by atoms with Crippen LogP contribution in [0, 0.1) is 17.0 Å². The maximum Gasteiger partial charge on any atom is 0.275 e. The molecule has 1 atom stereocenters. The first-order chi connectivity index (χ1) is 13.7. The summed E-state index contributed by atoms with van der Waals surface area (Å²) in [5.74, 6) is 0.289. The molecule has 0 aliphatic carbocycles. The number of nitrogens with one attached hydrogen (secondary N) is 1. The van der Waals surface area contributed by atoms with Crippen molar-refractivity contribution in [2.75, 3.05) is 5.32 Å². The van der Waals surface area contributed by atoms with Gasteiger partial charge in [-0.05, 0) is 54.0 Å². The van der Waals surface area contributed by atoms with Gasteiger partial charge in [-0.3, -0.25) is 19.6 Å². The van der Waals surface area contributed by atoms with Crippen molar-refractivity contribution in [1.82, 2.24) is 9.78 Å². The summed E-state index contributed by atoms with van der Waals surface area (Å²) in [5.41, 5.74) is 0.777. The van der Waals surface area contributed by atoms with Gasteiger partial charge in [0.2, 0.25) is 5.91 Å². The van der Waals surface area contributed by atoms with E-state index >= 15 is 0 Å². The van der Waals surface area contributed by atoms with Crippen LogP contribution in [0.2, 0.25) is 5.02 Å². The third-order valence-corrected chi connectivity index (χ3v) is 5.08. The van der Waals surface area contributed by atoms with Crippen LogP contribution in [0.3, 0.4) is 0 Å². The SMILES string of the molecule is Cc1nn(C(C)C(=O)Nc2cc(Oc3ccc(Cl)cc3)cc([N+](=O)[O-])c2)cc1Br. The standard InChI is InChI=1S/C19H16BrClN4O4/c1-11-18(20)10-24(23-11)12(2)19(26)22-14-7-15(25(27)28)9-17(8-14)29-16-5-3-13(21)4-6-16/h3-10,12H,1-2H3,(H,22,26). The van der Waals surface area contributed by atoms with E-state index in [1.807, 2.05) is 6.92 Å². The van der Waals surface area contributed by atoms with E-state index in [0.717, 1.165) is 10.2 Å². The van der Waals surface area contributed by atoms with Gasteiger partial charge in [-0.15, -0.1) is 0 Å². The van der Waals surface area contributed by atoms with E-state index in [4.69, 9.17) is 16.3 Å². The summed E-state index contributed by atoms with van der Waals surface area (Å²) in [4.78, 5) is 23.3. The quantitative estimate of drug-likeness (QED) is 0.371. The zero-order valence-corrected chi connectivity index (χ0v) is 17.8. The summed E-state index contributed by atoms with van der Waals surface area (Å²) in [6, 6.07) is 9.99. The smallest absolute Gasteiger partial charge is 0.275 e. The summed E-state index contributed by atoms with van der Waals surface area (Å²) < 4.78 is 7.97. The summed E-state index contributed by atoms with van der Waals surface area (Å²) >= 11 is 9.21. The van der Waals surface area contributed by atoms with Crippen molar-refractivity contribution >= 4 is 44.8 Å². The number of ether oxygens (including phenoxy) is 1. The van der Waals surface area contributed by atoms with Gasteiger partial charge in [0, 0.05) is 23.4 Å². The fourth-order valence-corrected chi connectivity index (χ4v) is 2.90. The number of nitro benzene ring substituents is 1. The molecule has 0 aliphatic rings. The van der Waals surface area contributed by atoms with Gasteiger partial charge in [-0.25, -0.2) is 0 Å². The average Bonchev–Trinajstić information content (AvgIpc) is 3.01. The highest BCUT2D eigenvalue weighted by atomic mass is 79.9. The van der Waals surface area contributed by atoms with Crippen LogP contribution in [0.1, 0.15) is 18.7 Å². The average molecular weight is 480 g/mol. The Labute approximate surface area is 179 Å². The Kier molecular flexibility index (Phi) is 6.19. The minimum atomic E-state index is -0.625. The summed E-state index contributed by atoms with van der Waals surface area (Å²) in [7, 11) is 0. The highest BCUT2D eigenvalue weighted by molar-refractivity contribution is 9.10. The molecule has 150 valence electrons. The van der Waals surface area contributed by atoms with Crippen molar-refractivity contribution in [1.29, 1.82) is 0 Å². The molecule has 1 N–H and O–H groups in total. The van der Waals surface area contributed by atoms with Crippen molar-refractivity contribution in [3.05, 3.63) is 74.0 Å². The number of hydrogen-bond acceptors (Lipinski definition) is 5. The highest BCUT2D eigenvalue weighted by Crippen LogP contribution is 2.30. The lowest BCUT2D eigenvalue weighted by Crippen LogP contribution is -2.24. The molecule has 10 heteroatoms. The molecule has 0 bridgehead atoms. The van der Waals surface area contributed by atoms with Crippen LogP contribution >= 0.6 is 27.5 Å². The number of carbonyl (C=O) groups is 1. The lowest BCUT2D eigenvalue weighted by molar-refractivity contribution is -0.384. The Hall–Kier alpha value is -2.91. The molecular weight excluding hydrogens is 464 g/mol. The summed E-state index contributed by atoms with van der Waals surface area (Å²) in [6.07, 6.45) is 1.70. The van der Waals surface area contributed by atoms with Crippen LogP contribution in [0.25, 0.3) is 0 Å². The number of non-ortho nitro benzene ring substituents is 1. The van der Waals surface area contributed by atoms with Crippen LogP contribution in [0.15, 0.2) is 53.1 Å². The zero-order valence-electron chi connectivity index (χ0n) is 15.4. The van der Waals surface area contributed by atoms with E-state index in [9.17, 15) is 14.9 Å². The minimum absolute atomic E-state index is 0.210. The zero-order chi connectivity index (χ0) is 21.1. The molecule has 1 heterocycles. The molecule has 3 rings (SSSR count). The normalized spacial score (nSPS) is 11.7. The van der Waals surface area contributed by atoms with E-state index in [-0.39, 0.29) is 23.0 Å². The first-order valence-electron chi connectivity index (χ1n) is 8.48. The van der Waals surface area contributed by atoms with Gasteiger partial charge in [0.05, 0.1) is 26.8 Å². The third kappa shape index (κ3) is 5.12. The number of amides is 1. The van der Waals surface area contributed by atoms with Crippen molar-refractivity contribution in [3.63, 3.8) is 0 Å². The number of benzene rings is 2. The molecule has 0 spiro atoms. The first kappa shape index (κ1) is 20.8. The molecule has 3 aromatic rings. The molecule has 0 aliphatic heterocycles. The molecule has 2 aromatic carbocycles. The Morgan fingerprint density at radius 2 is 1.97 bits per heavy atom. The molecule has 1 amide bonds. The number of aromatic nitrogens is 2. The van der Waals surface area contributed by atoms with Crippen LogP contribution in [-0.4, -0.2) is 20.6 Å². The van der Waals surface area contributed by atoms with Crippen molar-refractivity contribution in [3.8, 4) is 11.5 Å². The number of hydrogen-bond donors (Lipinski definition) is 1. The van der Waals surface area contributed by atoms with Crippen LogP contribution in [0.4, 0.5) is 11.4 Å². The van der Waals surface area contributed by atoms with Gasteiger partial charge in [-0.1, -0.05) is 11.6 Å². The summed E-state index contributed by atoms with van der Waals surface area (Å²) in [5, 5.41) is 18.8. The fourth-order valence-electron chi connectivity index (χ4n) is 2.48. The molecule has 1 aromatic heterocycles. The van der Waals surface area contributed by atoms with Crippen LogP contribution < -0.4 is 10.1 Å². The third-order valence-electron chi connectivity index (χ3n) is 4.05. The van der Waals surface area contributed by atoms with E-state index in [1.165, 1.54) is 22.9 Å². The summed E-state index contributed by atoms with van der Waals surface area (Å²) in [6.45, 7) is 3.49. The monoisotopic (exact) mass is 478 g/mol. The van der Waals surface area contributed by atoms with Gasteiger partial charge in [-0.2, -0.15) is 5.10 Å². The maximum absolute atomic E-state index is 12.6. The van der Waals surface area contributed by atoms with Crippen molar-refractivity contribution in [2.45, 2.75) is 19.9 Å². The maximum atomic E-state index is 12.6. The number of nitro groups is 1. The second-order valence-corrected chi connectivity index (χ2v) is 7.53. The number of anilines is 1. The Morgan fingerprint density at radius 1 is 1.28 bits per heavy atom. The lowest BCUT2D eigenvalue weighted by Gasteiger charge is -2.14. The molecular formula is C19H16BrClN4O4. The number of halogens is 2. The van der Waals surface area contributed by atoms with Crippen molar-refractivity contribution < 1.29 is 14.5 Å². The molecule has 0 saturated carbocycles. The van der Waals surface area contributed by atoms with Gasteiger partial charge in [0.1, 0.15) is 17.5 Å². The minimum Gasteiger partial charge on any atom is -0.457 e. The predicted octanol–water partition coefficient (Wildman–Crippen LogP) is 5.51. The second-order valence-electron chi connectivity index (χ2n) is 6.24. The molecule has 0 radical (unpaired) electrons. The number of carbonyl (C=O) groups excluding carboxylic acids is 1. The molecule has 8 nitrogen and oxygen atoms in total. The molecule has 29 heavy (non-hydrogen) atoms. The van der Waals surface area contributed by atoms with E-state index in [0.29, 0.717) is 10.8 Å². The van der Waals surface area contributed by atoms with Crippen molar-refractivity contribution in [2.24, 2.45) is 0 Å². The van der Waals surface area contributed by atoms with E-state index in [1.54, 1.807) is 37.4 Å². The van der Waals surface area contributed by atoms with E-state index in [2.05, 4.69) is 26.3 Å². The number of rotatable bonds is 6. The highest BCUT2D eigenvalue weighted by Gasteiger charge is 2.19. The second kappa shape index (κ2) is 8.62. The Balaban J connectivity index is 1.83. The number of nitrogens with zero attached hydrogens (tertiary/aromatic N) is 3. The van der Waals surface area contributed by atoms with Crippen LogP contribution in [-0.2, 0) is 4.79 Å². The van der Waals surface area contributed by atoms with Gasteiger partial charge >= 0.3 is 0 Å². The molecule has 0 saturated heterocycles. The van der Waals surface area contributed by atoms with E-state index < -0.39 is 11.0 Å². The largest absolute Gasteiger partial charge is 0.457 e. The Bertz CT molecular complexity index is 1050. The van der Waals surface area contributed by atoms with Gasteiger partial charge < -0.3 is 10.1 Å². The predicted molar refractivity (Wildman–Crippen MR) is 113 cm³/mol. The van der Waals surface area contributed by atoms with Gasteiger partial charge in [0.15, 0.2) is 0 Å². The molecule has 0 fully saturated rings. The fraction of sp³-hybridized carbons (Fsp3) is 0.158. The topological polar surface area (TPSA) is 99.3 Å². The van der Waals surface area contributed by atoms with Gasteiger partial charge in [0.25, 0.3) is 5.69 Å². The lowest BCUT2D eigenvalue weighted by atomic mass is 10.2. The number of aryl methyl sites for hydroxylation is 1. The first-order valence-corrected chi connectivity index (χ1v) is 9.65. The molecule has 1 unspecified atom stereocenters.